The molecule has 1 saturated carbocycles. The third-order valence-electron chi connectivity index (χ3n) is 2.45. The maximum Gasteiger partial charge on any atom is 0.306 e. The molecule has 0 aromatic heterocycles. The van der Waals surface area contributed by atoms with E-state index in [4.69, 9.17) is 5.11 Å². The summed E-state index contributed by atoms with van der Waals surface area (Å²) < 4.78 is 0.574. The van der Waals surface area contributed by atoms with Gasteiger partial charge in [0.2, 0.25) is 0 Å². The molecule has 0 bridgehead atoms. The predicted octanol–water partition coefficient (Wildman–Crippen LogP) is 2.31. The summed E-state index contributed by atoms with van der Waals surface area (Å²) in [4.78, 5) is 10.7. The standard InChI is InChI=1S/C8H13IO2/c1-5-2-3-6(9)4-7(5)8(10)11/h5-7H,2-4H2,1H3,(H,10,11)/t5-,6?,7-/m1/s1. The van der Waals surface area contributed by atoms with Gasteiger partial charge in [-0.15, -0.1) is 0 Å². The highest BCUT2D eigenvalue weighted by Crippen LogP contribution is 2.33. The van der Waals surface area contributed by atoms with Gasteiger partial charge < -0.3 is 5.11 Å². The number of aliphatic carboxylic acids is 1. The molecule has 1 N–H and O–H groups in total. The van der Waals surface area contributed by atoms with Crippen molar-refractivity contribution >= 4 is 28.6 Å². The van der Waals surface area contributed by atoms with Gasteiger partial charge in [0.1, 0.15) is 0 Å². The second-order valence-corrected chi connectivity index (χ2v) is 5.09. The molecule has 1 aliphatic rings. The van der Waals surface area contributed by atoms with Gasteiger partial charge in [0, 0.05) is 3.92 Å². The molecule has 1 fully saturated rings. The Kier molecular flexibility index (Phi) is 3.16. The van der Waals surface area contributed by atoms with Crippen LogP contribution in [0.1, 0.15) is 26.2 Å². The topological polar surface area (TPSA) is 37.3 Å². The first kappa shape index (κ1) is 9.29. The van der Waals surface area contributed by atoms with Gasteiger partial charge in [0.15, 0.2) is 0 Å². The van der Waals surface area contributed by atoms with Gasteiger partial charge >= 0.3 is 5.97 Å². The van der Waals surface area contributed by atoms with Crippen LogP contribution in [0.25, 0.3) is 0 Å². The van der Waals surface area contributed by atoms with E-state index in [0.29, 0.717) is 9.84 Å². The van der Waals surface area contributed by atoms with Gasteiger partial charge in [0.05, 0.1) is 5.92 Å². The molecular weight excluding hydrogens is 255 g/mol. The molecule has 64 valence electrons. The highest BCUT2D eigenvalue weighted by atomic mass is 127. The van der Waals surface area contributed by atoms with Crippen LogP contribution in [-0.2, 0) is 4.79 Å². The van der Waals surface area contributed by atoms with Crippen molar-refractivity contribution in [1.29, 1.82) is 0 Å². The smallest absolute Gasteiger partial charge is 0.306 e. The van der Waals surface area contributed by atoms with E-state index >= 15 is 0 Å². The van der Waals surface area contributed by atoms with E-state index in [2.05, 4.69) is 22.6 Å². The molecule has 1 aliphatic carbocycles. The molecular formula is C8H13IO2. The molecule has 0 aromatic carbocycles. The summed E-state index contributed by atoms with van der Waals surface area (Å²) in [6.07, 6.45) is 3.12. The number of hydrogen-bond acceptors (Lipinski definition) is 1. The van der Waals surface area contributed by atoms with Gasteiger partial charge in [-0.3, -0.25) is 4.79 Å². The Hall–Kier alpha value is 0.200. The molecule has 0 heterocycles. The van der Waals surface area contributed by atoms with Crippen LogP contribution in [0.5, 0.6) is 0 Å². The zero-order valence-electron chi connectivity index (χ0n) is 6.59. The van der Waals surface area contributed by atoms with Crippen LogP contribution in [-0.4, -0.2) is 15.0 Å². The molecule has 1 unspecified atom stereocenters. The number of carboxylic acids is 1. The molecule has 0 radical (unpaired) electrons. The Bertz CT molecular complexity index is 158. The number of carbonyl (C=O) groups is 1. The van der Waals surface area contributed by atoms with Crippen LogP contribution >= 0.6 is 22.6 Å². The second kappa shape index (κ2) is 3.74. The number of halogens is 1. The van der Waals surface area contributed by atoms with Gasteiger partial charge in [-0.05, 0) is 25.2 Å². The summed E-state index contributed by atoms with van der Waals surface area (Å²) in [7, 11) is 0. The Morgan fingerprint density at radius 3 is 2.64 bits per heavy atom. The molecule has 0 saturated heterocycles. The summed E-state index contributed by atoms with van der Waals surface area (Å²) in [5, 5.41) is 8.82. The van der Waals surface area contributed by atoms with E-state index in [1.54, 1.807) is 0 Å². The lowest BCUT2D eigenvalue weighted by Gasteiger charge is -2.28. The van der Waals surface area contributed by atoms with Gasteiger partial charge in [0.25, 0.3) is 0 Å². The fourth-order valence-electron chi connectivity index (χ4n) is 1.61. The molecule has 0 amide bonds. The summed E-state index contributed by atoms with van der Waals surface area (Å²) in [6, 6.07) is 0. The van der Waals surface area contributed by atoms with E-state index in [0.717, 1.165) is 12.8 Å². The first-order valence-electron chi connectivity index (χ1n) is 3.98. The fraction of sp³-hybridized carbons (Fsp3) is 0.875. The lowest BCUT2D eigenvalue weighted by molar-refractivity contribution is -0.144. The van der Waals surface area contributed by atoms with Crippen LogP contribution in [0.4, 0.5) is 0 Å². The molecule has 0 aromatic rings. The normalized spacial score (nSPS) is 38.5. The van der Waals surface area contributed by atoms with Crippen molar-refractivity contribution in [2.75, 3.05) is 0 Å². The molecule has 2 nitrogen and oxygen atoms in total. The number of alkyl halides is 1. The second-order valence-electron chi connectivity index (χ2n) is 3.33. The Labute approximate surface area is 80.5 Å². The van der Waals surface area contributed by atoms with Crippen molar-refractivity contribution in [2.24, 2.45) is 11.8 Å². The average Bonchev–Trinajstić information content (AvgIpc) is 1.94. The third kappa shape index (κ3) is 2.32. The van der Waals surface area contributed by atoms with E-state index in [1.807, 2.05) is 6.92 Å². The zero-order chi connectivity index (χ0) is 8.43. The molecule has 3 atom stereocenters. The van der Waals surface area contributed by atoms with Gasteiger partial charge in [-0.1, -0.05) is 29.5 Å². The van der Waals surface area contributed by atoms with E-state index in [9.17, 15) is 4.79 Å². The predicted molar refractivity (Wildman–Crippen MR) is 51.9 cm³/mol. The van der Waals surface area contributed by atoms with Crippen LogP contribution in [0.3, 0.4) is 0 Å². The molecule has 3 heteroatoms. The van der Waals surface area contributed by atoms with Crippen LogP contribution in [0.15, 0.2) is 0 Å². The largest absolute Gasteiger partial charge is 0.481 e. The van der Waals surface area contributed by atoms with Gasteiger partial charge in [-0.25, -0.2) is 0 Å². The Balaban J connectivity index is 2.54. The minimum Gasteiger partial charge on any atom is -0.481 e. The summed E-state index contributed by atoms with van der Waals surface area (Å²) in [5.41, 5.74) is 0. The highest BCUT2D eigenvalue weighted by Gasteiger charge is 2.31. The number of hydrogen-bond donors (Lipinski definition) is 1. The monoisotopic (exact) mass is 268 g/mol. The maximum atomic E-state index is 10.7. The molecule has 0 spiro atoms. The van der Waals surface area contributed by atoms with Gasteiger partial charge in [-0.2, -0.15) is 0 Å². The first-order valence-corrected chi connectivity index (χ1v) is 5.22. The molecule has 1 rings (SSSR count). The van der Waals surface area contributed by atoms with Crippen molar-refractivity contribution in [1.82, 2.24) is 0 Å². The van der Waals surface area contributed by atoms with Crippen molar-refractivity contribution in [3.05, 3.63) is 0 Å². The minimum atomic E-state index is -0.612. The summed E-state index contributed by atoms with van der Waals surface area (Å²) >= 11 is 2.35. The maximum absolute atomic E-state index is 10.7. The number of carboxylic acid groups (broad SMARTS) is 1. The summed E-state index contributed by atoms with van der Waals surface area (Å²) in [5.74, 6) is -0.331. The minimum absolute atomic E-state index is 0.0920. The average molecular weight is 268 g/mol. The fourth-order valence-corrected chi connectivity index (χ4v) is 2.52. The van der Waals surface area contributed by atoms with Crippen molar-refractivity contribution in [2.45, 2.75) is 30.1 Å². The van der Waals surface area contributed by atoms with E-state index < -0.39 is 5.97 Å². The molecule has 11 heavy (non-hydrogen) atoms. The Morgan fingerprint density at radius 2 is 2.18 bits per heavy atom. The highest BCUT2D eigenvalue weighted by molar-refractivity contribution is 14.1. The quantitative estimate of drug-likeness (QED) is 0.585. The van der Waals surface area contributed by atoms with Crippen LogP contribution in [0, 0.1) is 11.8 Å². The SMILES string of the molecule is C[C@@H]1CCC(I)C[C@H]1C(=O)O. The first-order chi connectivity index (χ1) is 5.11. The Morgan fingerprint density at radius 1 is 1.55 bits per heavy atom. The van der Waals surface area contributed by atoms with Crippen LogP contribution < -0.4 is 0 Å². The zero-order valence-corrected chi connectivity index (χ0v) is 8.74. The summed E-state index contributed by atoms with van der Waals surface area (Å²) in [6.45, 7) is 2.04. The van der Waals surface area contributed by atoms with Crippen molar-refractivity contribution in [3.8, 4) is 0 Å². The lowest BCUT2D eigenvalue weighted by Crippen LogP contribution is -2.29. The third-order valence-corrected chi connectivity index (χ3v) is 3.58. The van der Waals surface area contributed by atoms with E-state index in [1.165, 1.54) is 6.42 Å². The van der Waals surface area contributed by atoms with Crippen molar-refractivity contribution in [3.63, 3.8) is 0 Å². The van der Waals surface area contributed by atoms with Crippen LogP contribution in [0.2, 0.25) is 0 Å². The van der Waals surface area contributed by atoms with E-state index in [-0.39, 0.29) is 5.92 Å². The molecule has 0 aliphatic heterocycles. The lowest BCUT2D eigenvalue weighted by atomic mass is 9.80. The number of rotatable bonds is 1. The van der Waals surface area contributed by atoms with Crippen molar-refractivity contribution < 1.29 is 9.90 Å².